The van der Waals surface area contributed by atoms with Gasteiger partial charge in [0.05, 0.1) is 0 Å². The number of fused-ring (bicyclic) bond motifs is 1. The van der Waals surface area contributed by atoms with E-state index in [1.165, 1.54) is 5.56 Å². The Balaban J connectivity index is 2.86. The van der Waals surface area contributed by atoms with E-state index in [0.29, 0.717) is 0 Å². The van der Waals surface area contributed by atoms with Crippen LogP contribution in [0.3, 0.4) is 0 Å². The number of pyridine rings is 1. The number of aromatic nitrogens is 2. The molecule has 0 atom stereocenters. The van der Waals surface area contributed by atoms with Crippen LogP contribution in [0.15, 0.2) is 18.3 Å². The smallest absolute Gasteiger partial charge is 0.137 e. The van der Waals surface area contributed by atoms with Crippen LogP contribution in [0.2, 0.25) is 0 Å². The molecule has 2 nitrogen and oxygen atoms in total. The van der Waals surface area contributed by atoms with Crippen molar-refractivity contribution in [3.63, 3.8) is 0 Å². The SMILES string of the molecule is Cc1ccn2c(C)[c]nc2c1. The quantitative estimate of drug-likeness (QED) is 0.552. The Morgan fingerprint density at radius 2 is 2.27 bits per heavy atom. The molecule has 0 bridgehead atoms. The minimum Gasteiger partial charge on any atom is -0.304 e. The molecule has 2 aromatic heterocycles. The molecule has 0 saturated carbocycles. The minimum absolute atomic E-state index is 0.975. The predicted molar refractivity (Wildman–Crippen MR) is 43.5 cm³/mol. The van der Waals surface area contributed by atoms with Crippen LogP contribution in [0.25, 0.3) is 5.65 Å². The lowest BCUT2D eigenvalue weighted by Gasteiger charge is -1.95. The van der Waals surface area contributed by atoms with Gasteiger partial charge in [0, 0.05) is 11.9 Å². The lowest BCUT2D eigenvalue weighted by Crippen LogP contribution is -1.86. The van der Waals surface area contributed by atoms with Crippen molar-refractivity contribution >= 4 is 5.65 Å². The van der Waals surface area contributed by atoms with E-state index in [0.717, 1.165) is 11.3 Å². The van der Waals surface area contributed by atoms with Crippen LogP contribution in [0.4, 0.5) is 0 Å². The highest BCUT2D eigenvalue weighted by Gasteiger charge is 1.96. The fraction of sp³-hybridized carbons (Fsp3) is 0.222. The number of hydrogen-bond donors (Lipinski definition) is 0. The summed E-state index contributed by atoms with van der Waals surface area (Å²) in [6, 6.07) is 4.11. The highest BCUT2D eigenvalue weighted by Crippen LogP contribution is 2.06. The van der Waals surface area contributed by atoms with Gasteiger partial charge in [-0.15, -0.1) is 0 Å². The Kier molecular flexibility index (Phi) is 1.22. The molecule has 0 aliphatic heterocycles. The van der Waals surface area contributed by atoms with Crippen LogP contribution in [-0.4, -0.2) is 9.38 Å². The van der Waals surface area contributed by atoms with Gasteiger partial charge in [0.25, 0.3) is 0 Å². The van der Waals surface area contributed by atoms with Gasteiger partial charge in [0.15, 0.2) is 0 Å². The number of hydrogen-bond acceptors (Lipinski definition) is 1. The topological polar surface area (TPSA) is 17.3 Å². The lowest BCUT2D eigenvalue weighted by molar-refractivity contribution is 1.10. The summed E-state index contributed by atoms with van der Waals surface area (Å²) in [7, 11) is 0. The molecule has 11 heavy (non-hydrogen) atoms. The third-order valence-corrected chi connectivity index (χ3v) is 1.78. The average Bonchev–Trinajstić information content (AvgIpc) is 2.32. The Hall–Kier alpha value is -1.31. The Morgan fingerprint density at radius 1 is 1.45 bits per heavy atom. The monoisotopic (exact) mass is 145 g/mol. The largest absolute Gasteiger partial charge is 0.304 e. The zero-order chi connectivity index (χ0) is 7.84. The van der Waals surface area contributed by atoms with E-state index in [-0.39, 0.29) is 0 Å². The fourth-order valence-corrected chi connectivity index (χ4v) is 1.15. The average molecular weight is 145 g/mol. The zero-order valence-corrected chi connectivity index (χ0v) is 6.63. The van der Waals surface area contributed by atoms with Gasteiger partial charge in [-0.1, -0.05) is 0 Å². The van der Waals surface area contributed by atoms with E-state index in [2.05, 4.69) is 24.2 Å². The summed E-state index contributed by atoms with van der Waals surface area (Å²) in [4.78, 5) is 4.12. The third kappa shape index (κ3) is 0.909. The summed E-state index contributed by atoms with van der Waals surface area (Å²) in [5.41, 5.74) is 3.26. The van der Waals surface area contributed by atoms with Crippen LogP contribution >= 0.6 is 0 Å². The molecule has 0 spiro atoms. The van der Waals surface area contributed by atoms with Crippen molar-refractivity contribution in [2.75, 3.05) is 0 Å². The van der Waals surface area contributed by atoms with E-state index >= 15 is 0 Å². The highest BCUT2D eigenvalue weighted by molar-refractivity contribution is 5.42. The van der Waals surface area contributed by atoms with Gasteiger partial charge in [-0.25, -0.2) is 4.98 Å². The Labute approximate surface area is 65.5 Å². The summed E-state index contributed by atoms with van der Waals surface area (Å²) in [5.74, 6) is 0. The first-order valence-corrected chi connectivity index (χ1v) is 3.60. The molecule has 0 aliphatic carbocycles. The van der Waals surface area contributed by atoms with Crippen LogP contribution in [0, 0.1) is 20.0 Å². The fourth-order valence-electron chi connectivity index (χ4n) is 1.15. The van der Waals surface area contributed by atoms with Gasteiger partial charge in [0.2, 0.25) is 0 Å². The standard InChI is InChI=1S/C9H9N2/c1-7-3-4-11-8(2)6-10-9(11)5-7/h3-5H,1-2H3. The second-order valence-corrected chi connectivity index (χ2v) is 2.74. The number of imidazole rings is 1. The van der Waals surface area contributed by atoms with Crippen molar-refractivity contribution in [3.05, 3.63) is 35.8 Å². The maximum absolute atomic E-state index is 4.12. The molecule has 0 aliphatic rings. The van der Waals surface area contributed by atoms with E-state index < -0.39 is 0 Å². The molecule has 0 unspecified atom stereocenters. The zero-order valence-electron chi connectivity index (χ0n) is 6.63. The molecule has 2 rings (SSSR count). The second kappa shape index (κ2) is 2.09. The molecule has 2 heterocycles. The third-order valence-electron chi connectivity index (χ3n) is 1.78. The van der Waals surface area contributed by atoms with Crippen molar-refractivity contribution in [2.24, 2.45) is 0 Å². The van der Waals surface area contributed by atoms with Crippen molar-refractivity contribution in [2.45, 2.75) is 13.8 Å². The first kappa shape index (κ1) is 6.40. The van der Waals surface area contributed by atoms with Crippen molar-refractivity contribution < 1.29 is 0 Å². The van der Waals surface area contributed by atoms with Crippen LogP contribution in [0.1, 0.15) is 11.3 Å². The number of nitrogens with zero attached hydrogens (tertiary/aromatic N) is 2. The van der Waals surface area contributed by atoms with Crippen molar-refractivity contribution in [1.82, 2.24) is 9.38 Å². The molecule has 0 N–H and O–H groups in total. The van der Waals surface area contributed by atoms with E-state index in [9.17, 15) is 0 Å². The molecule has 55 valence electrons. The summed E-state index contributed by atoms with van der Waals surface area (Å²) in [6.07, 6.45) is 4.93. The predicted octanol–water partition coefficient (Wildman–Crippen LogP) is 1.75. The van der Waals surface area contributed by atoms with E-state index in [1.54, 1.807) is 0 Å². The minimum atomic E-state index is 0.975. The molecular formula is C9H9N2. The number of aryl methyl sites for hydroxylation is 2. The molecule has 1 radical (unpaired) electrons. The molecule has 0 saturated heterocycles. The first-order chi connectivity index (χ1) is 5.27. The van der Waals surface area contributed by atoms with E-state index in [1.807, 2.05) is 23.6 Å². The summed E-state index contributed by atoms with van der Waals surface area (Å²) in [5, 5.41) is 0. The summed E-state index contributed by atoms with van der Waals surface area (Å²) < 4.78 is 2.02. The van der Waals surface area contributed by atoms with E-state index in [4.69, 9.17) is 0 Å². The lowest BCUT2D eigenvalue weighted by atomic mass is 10.3. The van der Waals surface area contributed by atoms with Gasteiger partial charge in [0.1, 0.15) is 11.8 Å². The molecular weight excluding hydrogens is 136 g/mol. The maximum atomic E-state index is 4.12. The van der Waals surface area contributed by atoms with Gasteiger partial charge < -0.3 is 4.40 Å². The molecule has 0 aromatic carbocycles. The van der Waals surface area contributed by atoms with Gasteiger partial charge in [-0.05, 0) is 31.5 Å². The molecule has 2 heteroatoms. The summed E-state index contributed by atoms with van der Waals surface area (Å²) in [6.45, 7) is 4.05. The molecule has 2 aromatic rings. The molecule has 0 fully saturated rings. The first-order valence-electron chi connectivity index (χ1n) is 3.60. The second-order valence-electron chi connectivity index (χ2n) is 2.74. The Bertz CT molecular complexity index is 387. The molecule has 0 amide bonds. The van der Waals surface area contributed by atoms with Crippen LogP contribution < -0.4 is 0 Å². The van der Waals surface area contributed by atoms with Crippen molar-refractivity contribution in [1.29, 1.82) is 0 Å². The van der Waals surface area contributed by atoms with Gasteiger partial charge in [-0.3, -0.25) is 0 Å². The summed E-state index contributed by atoms with van der Waals surface area (Å²) >= 11 is 0. The van der Waals surface area contributed by atoms with Crippen molar-refractivity contribution in [3.8, 4) is 0 Å². The van der Waals surface area contributed by atoms with Crippen LogP contribution in [-0.2, 0) is 0 Å². The van der Waals surface area contributed by atoms with Gasteiger partial charge >= 0.3 is 0 Å². The highest BCUT2D eigenvalue weighted by atomic mass is 15.0. The maximum Gasteiger partial charge on any atom is 0.137 e. The van der Waals surface area contributed by atoms with Crippen LogP contribution in [0.5, 0.6) is 0 Å². The normalized spacial score (nSPS) is 10.7. The Morgan fingerprint density at radius 3 is 3.09 bits per heavy atom. The van der Waals surface area contributed by atoms with Gasteiger partial charge in [-0.2, -0.15) is 0 Å². The number of rotatable bonds is 0.